The van der Waals surface area contributed by atoms with E-state index in [-0.39, 0.29) is 5.82 Å². The quantitative estimate of drug-likeness (QED) is 0.315. The van der Waals surface area contributed by atoms with Crippen LogP contribution in [0.2, 0.25) is 0 Å². The standard InChI is InChI=1S/C20H16FN5S2/c1-2-11-26-18(14-7-9-22-10-8-14)24-25-20(26)28-13-17-12-27-19(23-17)15-3-5-16(21)6-4-15/h2-10,12H,1,11,13H2. The molecule has 4 aromatic rings. The lowest BCUT2D eigenvalue weighted by molar-refractivity contribution is 0.628. The van der Waals surface area contributed by atoms with Crippen LogP contribution in [-0.4, -0.2) is 24.7 Å². The summed E-state index contributed by atoms with van der Waals surface area (Å²) in [5, 5.41) is 12.4. The van der Waals surface area contributed by atoms with Crippen LogP contribution < -0.4 is 0 Å². The molecule has 3 heterocycles. The lowest BCUT2D eigenvalue weighted by atomic mass is 10.2. The van der Waals surface area contributed by atoms with Crippen LogP contribution in [0.4, 0.5) is 4.39 Å². The summed E-state index contributed by atoms with van der Waals surface area (Å²) in [5.41, 5.74) is 2.83. The molecule has 0 aliphatic rings. The molecule has 0 bridgehead atoms. The second kappa shape index (κ2) is 8.45. The Labute approximate surface area is 170 Å². The van der Waals surface area contributed by atoms with E-state index in [2.05, 4.69) is 26.7 Å². The zero-order valence-electron chi connectivity index (χ0n) is 14.8. The molecule has 5 nitrogen and oxygen atoms in total. The van der Waals surface area contributed by atoms with Crippen molar-refractivity contribution in [3.8, 4) is 22.0 Å². The van der Waals surface area contributed by atoms with Gasteiger partial charge in [-0.3, -0.25) is 9.55 Å². The van der Waals surface area contributed by atoms with Gasteiger partial charge in [-0.2, -0.15) is 0 Å². The Morgan fingerprint density at radius 2 is 1.86 bits per heavy atom. The van der Waals surface area contributed by atoms with Crippen LogP contribution in [0, 0.1) is 5.82 Å². The summed E-state index contributed by atoms with van der Waals surface area (Å²) in [5.74, 6) is 1.21. The third-order valence-corrected chi connectivity index (χ3v) is 5.90. The summed E-state index contributed by atoms with van der Waals surface area (Å²) in [6.45, 7) is 4.45. The van der Waals surface area contributed by atoms with E-state index in [1.165, 1.54) is 12.1 Å². The maximum Gasteiger partial charge on any atom is 0.192 e. The Bertz CT molecular complexity index is 1070. The number of rotatable bonds is 7. The van der Waals surface area contributed by atoms with Gasteiger partial charge >= 0.3 is 0 Å². The highest BCUT2D eigenvalue weighted by Crippen LogP contribution is 2.29. The van der Waals surface area contributed by atoms with Crippen LogP contribution in [0.5, 0.6) is 0 Å². The number of pyridine rings is 1. The zero-order chi connectivity index (χ0) is 19.3. The first-order valence-electron chi connectivity index (χ1n) is 8.52. The van der Waals surface area contributed by atoms with Crippen LogP contribution in [0.3, 0.4) is 0 Å². The molecule has 1 aromatic carbocycles. The largest absolute Gasteiger partial charge is 0.298 e. The normalized spacial score (nSPS) is 10.9. The van der Waals surface area contributed by atoms with Gasteiger partial charge in [-0.25, -0.2) is 9.37 Å². The molecule has 0 radical (unpaired) electrons. The van der Waals surface area contributed by atoms with Crippen LogP contribution in [-0.2, 0) is 12.3 Å². The van der Waals surface area contributed by atoms with Crippen molar-refractivity contribution in [2.45, 2.75) is 17.5 Å². The van der Waals surface area contributed by atoms with Crippen molar-refractivity contribution in [2.24, 2.45) is 0 Å². The second-order valence-corrected chi connectivity index (χ2v) is 7.68. The summed E-state index contributed by atoms with van der Waals surface area (Å²) in [7, 11) is 0. The lowest BCUT2D eigenvalue weighted by Gasteiger charge is -2.07. The number of halogens is 1. The molecule has 4 rings (SSSR count). The van der Waals surface area contributed by atoms with E-state index < -0.39 is 0 Å². The van der Waals surface area contributed by atoms with Gasteiger partial charge in [0.15, 0.2) is 11.0 Å². The first-order chi connectivity index (χ1) is 13.7. The molecule has 0 fully saturated rings. The van der Waals surface area contributed by atoms with Gasteiger partial charge < -0.3 is 0 Å². The molecule has 0 amide bonds. The molecule has 0 aliphatic heterocycles. The van der Waals surface area contributed by atoms with Crippen LogP contribution >= 0.6 is 23.1 Å². The van der Waals surface area contributed by atoms with Gasteiger partial charge in [0.05, 0.1) is 5.69 Å². The molecule has 0 aliphatic carbocycles. The van der Waals surface area contributed by atoms with E-state index >= 15 is 0 Å². The Balaban J connectivity index is 1.52. The Hall–Kier alpha value is -2.84. The lowest BCUT2D eigenvalue weighted by Crippen LogP contribution is -2.00. The molecule has 0 saturated heterocycles. The number of aromatic nitrogens is 5. The Kier molecular flexibility index (Phi) is 5.59. The minimum Gasteiger partial charge on any atom is -0.298 e. The van der Waals surface area contributed by atoms with E-state index in [0.29, 0.717) is 12.3 Å². The summed E-state index contributed by atoms with van der Waals surface area (Å²) >= 11 is 3.12. The fourth-order valence-corrected chi connectivity index (χ4v) is 4.41. The van der Waals surface area contributed by atoms with Crippen molar-refractivity contribution < 1.29 is 4.39 Å². The summed E-state index contributed by atoms with van der Waals surface area (Å²) in [6, 6.07) is 10.2. The molecule has 8 heteroatoms. The summed E-state index contributed by atoms with van der Waals surface area (Å²) in [6.07, 6.45) is 5.30. The highest BCUT2D eigenvalue weighted by Gasteiger charge is 2.14. The van der Waals surface area contributed by atoms with Crippen LogP contribution in [0.15, 0.2) is 72.0 Å². The number of hydrogen-bond acceptors (Lipinski definition) is 6. The van der Waals surface area contributed by atoms with Crippen molar-refractivity contribution in [1.29, 1.82) is 0 Å². The van der Waals surface area contributed by atoms with E-state index in [1.807, 2.05) is 28.2 Å². The summed E-state index contributed by atoms with van der Waals surface area (Å²) < 4.78 is 15.1. The maximum absolute atomic E-state index is 13.1. The van der Waals surface area contributed by atoms with E-state index in [9.17, 15) is 4.39 Å². The molecule has 0 saturated carbocycles. The molecular weight excluding hydrogens is 393 g/mol. The minimum absolute atomic E-state index is 0.248. The van der Waals surface area contributed by atoms with E-state index in [1.54, 1.807) is 47.6 Å². The maximum atomic E-state index is 13.1. The molecule has 0 atom stereocenters. The van der Waals surface area contributed by atoms with E-state index in [4.69, 9.17) is 0 Å². The monoisotopic (exact) mass is 409 g/mol. The molecule has 0 spiro atoms. The van der Waals surface area contributed by atoms with Crippen molar-refractivity contribution in [3.05, 3.63) is 78.3 Å². The van der Waals surface area contributed by atoms with Crippen LogP contribution in [0.25, 0.3) is 22.0 Å². The fraction of sp³-hybridized carbons (Fsp3) is 0.100. The number of allylic oxidation sites excluding steroid dienone is 1. The summed E-state index contributed by atoms with van der Waals surface area (Å²) in [4.78, 5) is 8.71. The zero-order valence-corrected chi connectivity index (χ0v) is 16.5. The van der Waals surface area contributed by atoms with Crippen molar-refractivity contribution >= 4 is 23.1 Å². The van der Waals surface area contributed by atoms with Gasteiger partial charge in [0, 0.05) is 41.2 Å². The first kappa shape index (κ1) is 18.5. The second-order valence-electron chi connectivity index (χ2n) is 5.88. The van der Waals surface area contributed by atoms with Gasteiger partial charge in [-0.1, -0.05) is 17.8 Å². The predicted molar refractivity (Wildman–Crippen MR) is 111 cm³/mol. The molecule has 28 heavy (non-hydrogen) atoms. The van der Waals surface area contributed by atoms with Gasteiger partial charge in [0.1, 0.15) is 10.8 Å². The smallest absolute Gasteiger partial charge is 0.192 e. The third kappa shape index (κ3) is 4.02. The molecule has 0 unspecified atom stereocenters. The molecular formula is C20H16FN5S2. The predicted octanol–water partition coefficient (Wildman–Crippen LogP) is 5.08. The Morgan fingerprint density at radius 3 is 2.61 bits per heavy atom. The average molecular weight is 410 g/mol. The van der Waals surface area contributed by atoms with E-state index in [0.717, 1.165) is 32.8 Å². The SMILES string of the molecule is C=CCn1c(SCc2csc(-c3ccc(F)cc3)n2)nnc1-c1ccncc1. The van der Waals surface area contributed by atoms with Gasteiger partial charge in [0.25, 0.3) is 0 Å². The topological polar surface area (TPSA) is 56.5 Å². The first-order valence-corrected chi connectivity index (χ1v) is 10.4. The fourth-order valence-electron chi connectivity index (χ4n) is 2.64. The third-order valence-electron chi connectivity index (χ3n) is 3.96. The number of benzene rings is 1. The highest BCUT2D eigenvalue weighted by atomic mass is 32.2. The molecule has 0 N–H and O–H groups in total. The minimum atomic E-state index is -0.248. The number of thioether (sulfide) groups is 1. The average Bonchev–Trinajstić information content (AvgIpc) is 3.35. The molecule has 3 aromatic heterocycles. The van der Waals surface area contributed by atoms with Gasteiger partial charge in [-0.05, 0) is 36.4 Å². The number of thiazole rings is 1. The van der Waals surface area contributed by atoms with Crippen molar-refractivity contribution in [2.75, 3.05) is 0 Å². The number of nitrogens with zero attached hydrogens (tertiary/aromatic N) is 5. The highest BCUT2D eigenvalue weighted by molar-refractivity contribution is 7.98. The van der Waals surface area contributed by atoms with Crippen molar-refractivity contribution in [3.63, 3.8) is 0 Å². The molecule has 140 valence electrons. The van der Waals surface area contributed by atoms with Gasteiger partial charge in [0.2, 0.25) is 0 Å². The van der Waals surface area contributed by atoms with Crippen molar-refractivity contribution in [1.82, 2.24) is 24.7 Å². The Morgan fingerprint density at radius 1 is 1.07 bits per heavy atom. The van der Waals surface area contributed by atoms with Gasteiger partial charge in [-0.15, -0.1) is 28.1 Å². The van der Waals surface area contributed by atoms with Crippen LogP contribution in [0.1, 0.15) is 5.69 Å². The number of hydrogen-bond donors (Lipinski definition) is 0.